The average Bonchev–Trinajstić information content (AvgIpc) is 2.87. The number of benzene rings is 1. The second-order valence-electron chi connectivity index (χ2n) is 4.84. The number of hydrogen-bond acceptors (Lipinski definition) is 3. The van der Waals surface area contributed by atoms with Gasteiger partial charge in [0.15, 0.2) is 0 Å². The molecule has 0 aliphatic heterocycles. The van der Waals surface area contributed by atoms with Crippen LogP contribution in [0.5, 0.6) is 0 Å². The Labute approximate surface area is 114 Å². The summed E-state index contributed by atoms with van der Waals surface area (Å²) in [5.74, 6) is 0. The molecule has 0 saturated heterocycles. The van der Waals surface area contributed by atoms with Crippen LogP contribution >= 0.6 is 0 Å². The monoisotopic (exact) mass is 258 g/mol. The van der Waals surface area contributed by atoms with Crippen LogP contribution in [0.25, 0.3) is 0 Å². The summed E-state index contributed by atoms with van der Waals surface area (Å²) in [6, 6.07) is 8.45. The van der Waals surface area contributed by atoms with Gasteiger partial charge in [0.2, 0.25) is 0 Å². The topological polar surface area (TPSA) is 55.9 Å². The summed E-state index contributed by atoms with van der Waals surface area (Å²) in [6.07, 6.45) is 5.05. The van der Waals surface area contributed by atoms with Gasteiger partial charge in [0.05, 0.1) is 12.2 Å². The van der Waals surface area contributed by atoms with Crippen molar-refractivity contribution in [3.63, 3.8) is 0 Å². The number of hydrogen-bond donors (Lipinski definition) is 2. The molecule has 4 nitrogen and oxygen atoms in total. The van der Waals surface area contributed by atoms with E-state index in [1.807, 2.05) is 10.9 Å². The van der Waals surface area contributed by atoms with Crippen LogP contribution in [0.1, 0.15) is 30.5 Å². The van der Waals surface area contributed by atoms with Crippen molar-refractivity contribution in [1.82, 2.24) is 9.78 Å². The second-order valence-corrected chi connectivity index (χ2v) is 4.84. The summed E-state index contributed by atoms with van der Waals surface area (Å²) >= 11 is 0. The standard InChI is InChI=1S/C15H22N4/c1-3-8-19-11-13(10-17-19)15(9-16)18-14-6-4-12(2)5-7-14/h4-7,10-11,15,18H,3,8-9,16H2,1-2H3. The molecule has 1 aromatic carbocycles. The van der Waals surface area contributed by atoms with Crippen LogP contribution in [0.15, 0.2) is 36.7 Å². The number of nitrogens with zero attached hydrogens (tertiary/aromatic N) is 2. The van der Waals surface area contributed by atoms with Crippen molar-refractivity contribution in [1.29, 1.82) is 0 Å². The lowest BCUT2D eigenvalue weighted by atomic mass is 10.1. The summed E-state index contributed by atoms with van der Waals surface area (Å²) < 4.78 is 1.97. The number of aryl methyl sites for hydroxylation is 2. The van der Waals surface area contributed by atoms with Gasteiger partial charge in [-0.2, -0.15) is 5.10 Å². The quantitative estimate of drug-likeness (QED) is 0.837. The molecule has 2 aromatic rings. The van der Waals surface area contributed by atoms with Crippen LogP contribution in [-0.2, 0) is 6.54 Å². The molecule has 0 radical (unpaired) electrons. The van der Waals surface area contributed by atoms with Gasteiger partial charge in [-0.3, -0.25) is 4.68 Å². The van der Waals surface area contributed by atoms with Crippen molar-refractivity contribution >= 4 is 5.69 Å². The molecule has 3 N–H and O–H groups in total. The molecule has 0 saturated carbocycles. The SMILES string of the molecule is CCCn1cc(C(CN)Nc2ccc(C)cc2)cn1. The van der Waals surface area contributed by atoms with Gasteiger partial charge in [0.1, 0.15) is 0 Å². The third-order valence-corrected chi connectivity index (χ3v) is 3.14. The third kappa shape index (κ3) is 3.58. The second kappa shape index (κ2) is 6.38. The molecule has 2 rings (SSSR count). The number of nitrogens with one attached hydrogen (secondary N) is 1. The first kappa shape index (κ1) is 13.6. The van der Waals surface area contributed by atoms with Gasteiger partial charge < -0.3 is 11.1 Å². The number of nitrogens with two attached hydrogens (primary N) is 1. The van der Waals surface area contributed by atoms with E-state index in [0.29, 0.717) is 6.54 Å². The predicted octanol–water partition coefficient (Wildman–Crippen LogP) is 2.71. The van der Waals surface area contributed by atoms with Gasteiger partial charge in [0, 0.05) is 30.5 Å². The van der Waals surface area contributed by atoms with E-state index in [9.17, 15) is 0 Å². The normalized spacial score (nSPS) is 12.4. The minimum Gasteiger partial charge on any atom is -0.377 e. The zero-order valence-electron chi connectivity index (χ0n) is 11.6. The third-order valence-electron chi connectivity index (χ3n) is 3.14. The fourth-order valence-electron chi connectivity index (χ4n) is 2.04. The maximum Gasteiger partial charge on any atom is 0.0667 e. The van der Waals surface area contributed by atoms with E-state index in [0.717, 1.165) is 24.2 Å². The van der Waals surface area contributed by atoms with Crippen molar-refractivity contribution in [2.75, 3.05) is 11.9 Å². The van der Waals surface area contributed by atoms with Crippen molar-refractivity contribution < 1.29 is 0 Å². The maximum atomic E-state index is 5.87. The molecule has 0 amide bonds. The number of aromatic nitrogens is 2. The van der Waals surface area contributed by atoms with E-state index in [2.05, 4.69) is 54.7 Å². The van der Waals surface area contributed by atoms with E-state index >= 15 is 0 Å². The highest BCUT2D eigenvalue weighted by atomic mass is 15.3. The Kier molecular flexibility index (Phi) is 4.58. The van der Waals surface area contributed by atoms with Gasteiger partial charge in [-0.25, -0.2) is 0 Å². The Morgan fingerprint density at radius 2 is 2.05 bits per heavy atom. The zero-order chi connectivity index (χ0) is 13.7. The smallest absolute Gasteiger partial charge is 0.0667 e. The molecule has 102 valence electrons. The Bertz CT molecular complexity index is 501. The minimum atomic E-state index is 0.105. The molecule has 19 heavy (non-hydrogen) atoms. The first-order valence-electron chi connectivity index (χ1n) is 6.78. The van der Waals surface area contributed by atoms with Crippen molar-refractivity contribution in [3.05, 3.63) is 47.8 Å². The lowest BCUT2D eigenvalue weighted by Gasteiger charge is -2.16. The van der Waals surface area contributed by atoms with Crippen molar-refractivity contribution in [2.45, 2.75) is 32.9 Å². The largest absolute Gasteiger partial charge is 0.377 e. The summed E-state index contributed by atoms with van der Waals surface area (Å²) in [5.41, 5.74) is 9.34. The van der Waals surface area contributed by atoms with Crippen LogP contribution in [0, 0.1) is 6.92 Å². The lowest BCUT2D eigenvalue weighted by Crippen LogP contribution is -2.20. The van der Waals surface area contributed by atoms with Gasteiger partial charge in [-0.15, -0.1) is 0 Å². The van der Waals surface area contributed by atoms with Crippen LogP contribution in [0.4, 0.5) is 5.69 Å². The van der Waals surface area contributed by atoms with Crippen LogP contribution in [0.3, 0.4) is 0 Å². The Hall–Kier alpha value is -1.81. The summed E-state index contributed by atoms with van der Waals surface area (Å²) in [6.45, 7) is 5.72. The Morgan fingerprint density at radius 1 is 1.32 bits per heavy atom. The molecule has 1 heterocycles. The lowest BCUT2D eigenvalue weighted by molar-refractivity contribution is 0.601. The fourth-order valence-corrected chi connectivity index (χ4v) is 2.04. The molecule has 0 fully saturated rings. The molecule has 4 heteroatoms. The van der Waals surface area contributed by atoms with E-state index in [4.69, 9.17) is 5.73 Å². The molecule has 0 aliphatic rings. The van der Waals surface area contributed by atoms with Gasteiger partial charge >= 0.3 is 0 Å². The maximum absolute atomic E-state index is 5.87. The van der Waals surface area contributed by atoms with E-state index in [1.54, 1.807) is 0 Å². The van der Waals surface area contributed by atoms with Gasteiger partial charge in [-0.05, 0) is 25.5 Å². The summed E-state index contributed by atoms with van der Waals surface area (Å²) in [4.78, 5) is 0. The van der Waals surface area contributed by atoms with E-state index < -0.39 is 0 Å². The minimum absolute atomic E-state index is 0.105. The fraction of sp³-hybridized carbons (Fsp3) is 0.400. The molecule has 1 atom stereocenters. The highest BCUT2D eigenvalue weighted by Crippen LogP contribution is 2.18. The first-order chi connectivity index (χ1) is 9.22. The highest BCUT2D eigenvalue weighted by Gasteiger charge is 2.11. The average molecular weight is 258 g/mol. The Morgan fingerprint density at radius 3 is 2.68 bits per heavy atom. The molecular formula is C15H22N4. The van der Waals surface area contributed by atoms with E-state index in [-0.39, 0.29) is 6.04 Å². The van der Waals surface area contributed by atoms with Crippen LogP contribution < -0.4 is 11.1 Å². The molecular weight excluding hydrogens is 236 g/mol. The molecule has 0 spiro atoms. The molecule has 0 bridgehead atoms. The van der Waals surface area contributed by atoms with Crippen molar-refractivity contribution in [2.24, 2.45) is 5.73 Å². The molecule has 1 unspecified atom stereocenters. The summed E-state index contributed by atoms with van der Waals surface area (Å²) in [5, 5.41) is 7.80. The van der Waals surface area contributed by atoms with Crippen molar-refractivity contribution in [3.8, 4) is 0 Å². The highest BCUT2D eigenvalue weighted by molar-refractivity contribution is 5.46. The van der Waals surface area contributed by atoms with Gasteiger partial charge in [-0.1, -0.05) is 24.6 Å². The van der Waals surface area contributed by atoms with Crippen LogP contribution in [0.2, 0.25) is 0 Å². The zero-order valence-corrected chi connectivity index (χ0v) is 11.6. The van der Waals surface area contributed by atoms with Crippen LogP contribution in [-0.4, -0.2) is 16.3 Å². The van der Waals surface area contributed by atoms with Gasteiger partial charge in [0.25, 0.3) is 0 Å². The summed E-state index contributed by atoms with van der Waals surface area (Å²) in [7, 11) is 0. The number of anilines is 1. The molecule has 1 aromatic heterocycles. The first-order valence-corrected chi connectivity index (χ1v) is 6.78. The van der Waals surface area contributed by atoms with E-state index in [1.165, 1.54) is 5.56 Å². The molecule has 0 aliphatic carbocycles. The number of rotatable bonds is 6. The predicted molar refractivity (Wildman–Crippen MR) is 79.1 cm³/mol. The Balaban J connectivity index is 2.08.